The summed E-state index contributed by atoms with van der Waals surface area (Å²) in [4.78, 5) is 26.5. The summed E-state index contributed by atoms with van der Waals surface area (Å²) >= 11 is 1.02. The number of hydrogen-bond acceptors (Lipinski definition) is 10. The maximum atomic E-state index is 12.8. The molecule has 0 saturated heterocycles. The van der Waals surface area contributed by atoms with E-state index in [1.165, 1.54) is 17.3 Å². The van der Waals surface area contributed by atoms with Gasteiger partial charge in [-0.2, -0.15) is 0 Å². The van der Waals surface area contributed by atoms with Crippen LogP contribution in [0.4, 0.5) is 11.5 Å². The van der Waals surface area contributed by atoms with Gasteiger partial charge >= 0.3 is 0 Å². The van der Waals surface area contributed by atoms with Crippen molar-refractivity contribution < 1.29 is 29.1 Å². The van der Waals surface area contributed by atoms with E-state index < -0.39 is 11.7 Å². The standard InChI is InChI=1S/C21H24N4O6S.C4H10.C2H2/c1-5-6-12(30-4)8-22-16-13(9-26)18(27)17(16)23-14-10-32-20(19(14)28)21(29)25(3)15-7-11(2)31-24-15;1-4(2)3;1-2/h6-7,9-10,22-23,26,28H,5,8H2,1-4H3;4H,1-3H3;1-2H/b12-6-,13-9+;;. The van der Waals surface area contributed by atoms with Crippen LogP contribution in [0.15, 0.2) is 51.0 Å². The third-order valence-electron chi connectivity index (χ3n) is 4.74. The number of aliphatic hydroxyl groups is 1. The van der Waals surface area contributed by atoms with E-state index in [9.17, 15) is 19.8 Å². The van der Waals surface area contributed by atoms with Gasteiger partial charge in [-0.15, -0.1) is 24.2 Å². The number of allylic oxidation sites excluding steroid dienone is 3. The minimum Gasteiger partial charge on any atom is -0.515 e. The molecule has 4 N–H and O–H groups in total. The molecule has 0 aromatic carbocycles. The van der Waals surface area contributed by atoms with Crippen LogP contribution in [0, 0.1) is 25.7 Å². The molecule has 0 fully saturated rings. The first-order valence-electron chi connectivity index (χ1n) is 11.8. The number of nitrogens with zero attached hydrogens (tertiary/aromatic N) is 2. The lowest BCUT2D eigenvalue weighted by Gasteiger charge is -2.27. The monoisotopic (exact) mass is 544 g/mol. The lowest BCUT2D eigenvalue weighted by molar-refractivity contribution is -0.113. The van der Waals surface area contributed by atoms with Gasteiger partial charge in [-0.05, 0) is 25.3 Å². The molecule has 11 heteroatoms. The molecular formula is C27H36N4O6S. The zero-order valence-corrected chi connectivity index (χ0v) is 23.6. The molecule has 1 amide bonds. The van der Waals surface area contributed by atoms with Crippen LogP contribution in [0.3, 0.4) is 0 Å². The number of anilines is 2. The predicted octanol–water partition coefficient (Wildman–Crippen LogP) is 5.12. The summed E-state index contributed by atoms with van der Waals surface area (Å²) in [6, 6.07) is 1.60. The van der Waals surface area contributed by atoms with Gasteiger partial charge in [0.2, 0.25) is 5.78 Å². The summed E-state index contributed by atoms with van der Waals surface area (Å²) in [6.45, 7) is 10.5. The summed E-state index contributed by atoms with van der Waals surface area (Å²) in [6.07, 6.45) is 11.4. The Balaban J connectivity index is 0.00000110. The number of ether oxygens (including phenoxy) is 1. The second-order valence-corrected chi connectivity index (χ2v) is 9.48. The van der Waals surface area contributed by atoms with Crippen molar-refractivity contribution in [3.05, 3.63) is 57.1 Å². The van der Waals surface area contributed by atoms with Gasteiger partial charge in [0.05, 0.1) is 36.9 Å². The van der Waals surface area contributed by atoms with E-state index in [4.69, 9.17) is 9.26 Å². The first-order chi connectivity index (χ1) is 18.0. The van der Waals surface area contributed by atoms with E-state index in [1.54, 1.807) is 20.1 Å². The molecule has 0 saturated carbocycles. The van der Waals surface area contributed by atoms with Crippen LogP contribution in [0.5, 0.6) is 5.75 Å². The molecule has 2 heterocycles. The van der Waals surface area contributed by atoms with Gasteiger partial charge in [0.15, 0.2) is 11.6 Å². The van der Waals surface area contributed by atoms with Gasteiger partial charge in [0.25, 0.3) is 5.91 Å². The first-order valence-corrected chi connectivity index (χ1v) is 12.7. The van der Waals surface area contributed by atoms with Crippen LogP contribution in [-0.4, -0.2) is 47.8 Å². The number of aryl methyl sites for hydroxylation is 1. The van der Waals surface area contributed by atoms with Crippen LogP contribution in [0.1, 0.15) is 49.5 Å². The molecule has 206 valence electrons. The van der Waals surface area contributed by atoms with E-state index in [2.05, 4.69) is 49.4 Å². The van der Waals surface area contributed by atoms with Crippen LogP contribution >= 0.6 is 11.3 Å². The number of methoxy groups -OCH3 is 1. The Labute approximate surface area is 227 Å². The van der Waals surface area contributed by atoms with Crippen molar-refractivity contribution in [3.8, 4) is 18.6 Å². The Bertz CT molecular complexity index is 1220. The van der Waals surface area contributed by atoms with Crippen LogP contribution in [0.2, 0.25) is 0 Å². The minimum atomic E-state index is -0.480. The molecular weight excluding hydrogens is 508 g/mol. The number of carbonyl (C=O) groups excluding carboxylic acids is 2. The number of rotatable bonds is 9. The number of amides is 1. The molecule has 2 aromatic heterocycles. The maximum absolute atomic E-state index is 12.8. The average Bonchev–Trinajstić information content (AvgIpc) is 3.49. The molecule has 0 radical (unpaired) electrons. The van der Waals surface area contributed by atoms with Gasteiger partial charge in [-0.3, -0.25) is 14.5 Å². The Kier molecular flexibility index (Phi) is 12.7. The molecule has 10 nitrogen and oxygen atoms in total. The molecule has 2 aromatic rings. The Morgan fingerprint density at radius 2 is 1.95 bits per heavy atom. The average molecular weight is 545 g/mol. The number of aliphatic hydroxyl groups excluding tert-OH is 1. The zero-order valence-electron chi connectivity index (χ0n) is 22.8. The molecule has 0 bridgehead atoms. The molecule has 0 spiro atoms. The predicted molar refractivity (Wildman–Crippen MR) is 150 cm³/mol. The summed E-state index contributed by atoms with van der Waals surface area (Å²) in [5.41, 5.74) is 0.834. The van der Waals surface area contributed by atoms with Crippen molar-refractivity contribution in [2.75, 3.05) is 30.9 Å². The second-order valence-electron chi connectivity index (χ2n) is 8.60. The third-order valence-corrected chi connectivity index (χ3v) is 5.69. The summed E-state index contributed by atoms with van der Waals surface area (Å²) < 4.78 is 10.2. The molecule has 1 aliphatic rings. The highest BCUT2D eigenvalue weighted by Crippen LogP contribution is 2.39. The number of carbonyl (C=O) groups is 2. The summed E-state index contributed by atoms with van der Waals surface area (Å²) in [5.74, 6) is 1.16. The topological polar surface area (TPSA) is 137 Å². The molecule has 0 aliphatic heterocycles. The van der Waals surface area contributed by atoms with Crippen LogP contribution in [-0.2, 0) is 9.53 Å². The zero-order chi connectivity index (χ0) is 29.0. The number of aromatic nitrogens is 1. The number of nitrogens with one attached hydrogen (secondary N) is 2. The lowest BCUT2D eigenvalue weighted by atomic mass is 9.92. The van der Waals surface area contributed by atoms with E-state index in [0.717, 1.165) is 29.9 Å². The van der Waals surface area contributed by atoms with Crippen molar-refractivity contribution in [1.29, 1.82) is 0 Å². The van der Waals surface area contributed by atoms with Gasteiger partial charge in [-0.25, -0.2) is 0 Å². The highest BCUT2D eigenvalue weighted by Gasteiger charge is 2.35. The SMILES string of the molecule is C#C.CC(C)C.CC/C=C(/CNC1=C(Nc2csc(C(=O)N(C)c3cc(C)on3)c2O)C(=O)/C1=C/O)OC. The lowest BCUT2D eigenvalue weighted by Crippen LogP contribution is -2.36. The minimum absolute atomic E-state index is 0.0722. The fraction of sp³-hybridized carbons (Fsp3) is 0.370. The summed E-state index contributed by atoms with van der Waals surface area (Å²) in [5, 5.41) is 31.2. The number of aromatic hydroxyl groups is 1. The Hall–Kier alpha value is -4.17. The fourth-order valence-electron chi connectivity index (χ4n) is 2.99. The van der Waals surface area contributed by atoms with Gasteiger partial charge in [-0.1, -0.05) is 32.9 Å². The number of terminal acetylenes is 1. The van der Waals surface area contributed by atoms with Gasteiger partial charge in [0.1, 0.15) is 22.1 Å². The smallest absolute Gasteiger partial charge is 0.273 e. The Morgan fingerprint density at radius 1 is 1.32 bits per heavy atom. The second kappa shape index (κ2) is 15.2. The highest BCUT2D eigenvalue weighted by molar-refractivity contribution is 7.13. The summed E-state index contributed by atoms with van der Waals surface area (Å²) in [7, 11) is 3.06. The van der Waals surface area contributed by atoms with E-state index >= 15 is 0 Å². The first kappa shape index (κ1) is 31.9. The van der Waals surface area contributed by atoms with Crippen molar-refractivity contribution in [2.45, 2.75) is 41.0 Å². The van der Waals surface area contributed by atoms with Gasteiger partial charge < -0.3 is 30.1 Å². The fourth-order valence-corrected chi connectivity index (χ4v) is 3.85. The molecule has 38 heavy (non-hydrogen) atoms. The maximum Gasteiger partial charge on any atom is 0.273 e. The van der Waals surface area contributed by atoms with E-state index in [-0.39, 0.29) is 27.6 Å². The molecule has 0 unspecified atom stereocenters. The van der Waals surface area contributed by atoms with Crippen LogP contribution in [0.25, 0.3) is 0 Å². The van der Waals surface area contributed by atoms with Crippen LogP contribution < -0.4 is 15.5 Å². The number of ketones is 1. The molecule has 0 atom stereocenters. The molecule has 3 rings (SSSR count). The van der Waals surface area contributed by atoms with Crippen molar-refractivity contribution in [2.24, 2.45) is 5.92 Å². The van der Waals surface area contributed by atoms with Gasteiger partial charge in [0, 0.05) is 18.5 Å². The van der Waals surface area contributed by atoms with Crippen molar-refractivity contribution >= 4 is 34.5 Å². The highest BCUT2D eigenvalue weighted by atomic mass is 32.1. The molecule has 1 aliphatic carbocycles. The number of thiophene rings is 1. The number of hydrogen-bond donors (Lipinski definition) is 4. The Morgan fingerprint density at radius 3 is 2.45 bits per heavy atom. The van der Waals surface area contributed by atoms with Crippen molar-refractivity contribution in [3.63, 3.8) is 0 Å². The number of Topliss-reactive ketones (excluding diaryl/α,β-unsaturated/α-hetero) is 1. The van der Waals surface area contributed by atoms with Crippen molar-refractivity contribution in [1.82, 2.24) is 10.5 Å². The van der Waals surface area contributed by atoms with E-state index in [1.807, 2.05) is 13.0 Å². The largest absolute Gasteiger partial charge is 0.515 e. The van der Waals surface area contributed by atoms with E-state index in [0.29, 0.717) is 29.6 Å². The quantitative estimate of drug-likeness (QED) is 0.193. The third kappa shape index (κ3) is 7.91. The normalized spacial score (nSPS) is 13.7.